The normalized spacial score (nSPS) is 10.6. The molecule has 20 heavy (non-hydrogen) atoms. The van der Waals surface area contributed by atoms with E-state index in [4.69, 9.17) is 9.84 Å². The summed E-state index contributed by atoms with van der Waals surface area (Å²) in [5.41, 5.74) is 0.463. The molecule has 0 aliphatic carbocycles. The predicted molar refractivity (Wildman–Crippen MR) is 69.4 cm³/mol. The molecule has 1 heterocycles. The van der Waals surface area contributed by atoms with Crippen molar-refractivity contribution < 1.29 is 23.4 Å². The molecule has 0 amide bonds. The first kappa shape index (κ1) is 14.4. The number of ether oxygens (including phenoxy) is 1. The molecule has 0 saturated carbocycles. The van der Waals surface area contributed by atoms with Gasteiger partial charge in [-0.2, -0.15) is 0 Å². The average molecular weight is 299 g/mol. The van der Waals surface area contributed by atoms with Crippen LogP contribution < -0.4 is 4.74 Å². The van der Waals surface area contributed by atoms with E-state index in [9.17, 15) is 13.6 Å². The van der Waals surface area contributed by atoms with Gasteiger partial charge in [0, 0.05) is 12.5 Å². The molecule has 1 N–H and O–H groups in total. The molecule has 0 fully saturated rings. The van der Waals surface area contributed by atoms with Crippen molar-refractivity contribution in [2.24, 2.45) is 0 Å². The Balaban J connectivity index is 1.94. The summed E-state index contributed by atoms with van der Waals surface area (Å²) >= 11 is 1.08. The minimum Gasteiger partial charge on any atom is -0.493 e. The quantitative estimate of drug-likeness (QED) is 0.922. The van der Waals surface area contributed by atoms with Crippen LogP contribution in [0.15, 0.2) is 18.2 Å². The molecule has 1 aromatic carbocycles. The molecule has 0 spiro atoms. The van der Waals surface area contributed by atoms with Crippen LogP contribution in [0.3, 0.4) is 0 Å². The van der Waals surface area contributed by atoms with Crippen molar-refractivity contribution in [3.63, 3.8) is 0 Å². The molecule has 0 atom stereocenters. The summed E-state index contributed by atoms with van der Waals surface area (Å²) in [6.07, 6.45) is 0.401. The summed E-state index contributed by atoms with van der Waals surface area (Å²) in [5.74, 6) is -2.69. The summed E-state index contributed by atoms with van der Waals surface area (Å²) in [4.78, 5) is 15.2. The van der Waals surface area contributed by atoms with Crippen LogP contribution >= 0.6 is 11.3 Å². The molecule has 0 saturated heterocycles. The van der Waals surface area contributed by atoms with Crippen LogP contribution in [0.25, 0.3) is 0 Å². The van der Waals surface area contributed by atoms with E-state index in [1.807, 2.05) is 0 Å². The van der Waals surface area contributed by atoms with Crippen LogP contribution in [-0.2, 0) is 6.42 Å². The number of aromatic carboxylic acids is 1. The molecule has 2 aromatic rings. The standard InChI is InChI=1S/C13H11F2NO3S/c1-7-12(13(17)18)20-11(16-7)4-5-19-8-2-3-9(14)10(15)6-8/h2-3,6H,4-5H2,1H3,(H,17,18). The van der Waals surface area contributed by atoms with Crippen LogP contribution in [0, 0.1) is 18.6 Å². The molecule has 0 radical (unpaired) electrons. The van der Waals surface area contributed by atoms with Crippen molar-refractivity contribution >= 4 is 17.3 Å². The van der Waals surface area contributed by atoms with Gasteiger partial charge < -0.3 is 9.84 Å². The predicted octanol–water partition coefficient (Wildman–Crippen LogP) is 3.05. The highest BCUT2D eigenvalue weighted by molar-refractivity contribution is 7.13. The van der Waals surface area contributed by atoms with E-state index in [1.54, 1.807) is 6.92 Å². The zero-order valence-corrected chi connectivity index (χ0v) is 11.3. The Morgan fingerprint density at radius 2 is 2.15 bits per heavy atom. The summed E-state index contributed by atoms with van der Waals surface area (Å²) in [6, 6.07) is 3.28. The molecule has 106 valence electrons. The first-order chi connectivity index (χ1) is 9.47. The lowest BCUT2D eigenvalue weighted by atomic mass is 10.3. The van der Waals surface area contributed by atoms with Gasteiger partial charge in [0.25, 0.3) is 0 Å². The molecule has 7 heteroatoms. The van der Waals surface area contributed by atoms with Gasteiger partial charge in [0.15, 0.2) is 11.6 Å². The Labute approximate surface area is 117 Å². The molecular formula is C13H11F2NO3S. The van der Waals surface area contributed by atoms with E-state index in [0.29, 0.717) is 17.1 Å². The van der Waals surface area contributed by atoms with Crippen molar-refractivity contribution in [3.8, 4) is 5.75 Å². The van der Waals surface area contributed by atoms with Crippen LogP contribution in [0.4, 0.5) is 8.78 Å². The molecule has 1 aromatic heterocycles. The number of halogens is 2. The minimum atomic E-state index is -1.01. The smallest absolute Gasteiger partial charge is 0.347 e. The Kier molecular flexibility index (Phi) is 4.29. The van der Waals surface area contributed by atoms with E-state index in [1.165, 1.54) is 6.07 Å². The lowest BCUT2D eigenvalue weighted by molar-refractivity contribution is 0.0701. The number of rotatable bonds is 5. The number of hydrogen-bond donors (Lipinski definition) is 1. The highest BCUT2D eigenvalue weighted by Gasteiger charge is 2.13. The van der Waals surface area contributed by atoms with Gasteiger partial charge in [0.2, 0.25) is 0 Å². The van der Waals surface area contributed by atoms with Gasteiger partial charge in [0.05, 0.1) is 17.3 Å². The first-order valence-electron chi connectivity index (χ1n) is 5.75. The second-order valence-corrected chi connectivity index (χ2v) is 5.09. The molecule has 0 aliphatic rings. The largest absolute Gasteiger partial charge is 0.493 e. The van der Waals surface area contributed by atoms with Gasteiger partial charge in [-0.05, 0) is 19.1 Å². The van der Waals surface area contributed by atoms with Gasteiger partial charge in [-0.15, -0.1) is 11.3 Å². The molecule has 2 rings (SSSR count). The number of hydrogen-bond acceptors (Lipinski definition) is 4. The summed E-state index contributed by atoms with van der Waals surface area (Å²) in [7, 11) is 0. The number of carboxylic acids is 1. The molecular weight excluding hydrogens is 288 g/mol. The highest BCUT2D eigenvalue weighted by Crippen LogP contribution is 2.19. The monoisotopic (exact) mass is 299 g/mol. The van der Waals surface area contributed by atoms with E-state index >= 15 is 0 Å². The fourth-order valence-electron chi connectivity index (χ4n) is 1.58. The third-order valence-corrected chi connectivity index (χ3v) is 3.72. The van der Waals surface area contributed by atoms with E-state index in [0.717, 1.165) is 23.5 Å². The number of thiazole rings is 1. The van der Waals surface area contributed by atoms with Gasteiger partial charge in [-0.25, -0.2) is 18.6 Å². The van der Waals surface area contributed by atoms with Gasteiger partial charge in [-0.3, -0.25) is 0 Å². The number of carboxylic acid groups (broad SMARTS) is 1. The number of nitrogens with zero attached hydrogens (tertiary/aromatic N) is 1. The van der Waals surface area contributed by atoms with E-state index in [2.05, 4.69) is 4.98 Å². The van der Waals surface area contributed by atoms with Crippen LogP contribution in [0.1, 0.15) is 20.4 Å². The Morgan fingerprint density at radius 3 is 2.75 bits per heavy atom. The number of aryl methyl sites for hydroxylation is 1. The van der Waals surface area contributed by atoms with Crippen molar-refractivity contribution in [2.45, 2.75) is 13.3 Å². The lowest BCUT2D eigenvalue weighted by Gasteiger charge is -2.04. The lowest BCUT2D eigenvalue weighted by Crippen LogP contribution is -2.01. The van der Waals surface area contributed by atoms with E-state index in [-0.39, 0.29) is 17.2 Å². The second kappa shape index (κ2) is 5.96. The maximum absolute atomic E-state index is 12.9. The Bertz CT molecular complexity index is 643. The second-order valence-electron chi connectivity index (χ2n) is 4.00. The summed E-state index contributed by atoms with van der Waals surface area (Å²) < 4.78 is 30.9. The van der Waals surface area contributed by atoms with Gasteiger partial charge >= 0.3 is 5.97 Å². The number of benzene rings is 1. The highest BCUT2D eigenvalue weighted by atomic mass is 32.1. The summed E-state index contributed by atoms with van der Waals surface area (Å²) in [5, 5.41) is 9.53. The molecule has 0 unspecified atom stereocenters. The van der Waals surface area contributed by atoms with Gasteiger partial charge in [-0.1, -0.05) is 0 Å². The zero-order valence-electron chi connectivity index (χ0n) is 10.5. The minimum absolute atomic E-state index is 0.202. The Hall–Kier alpha value is -2.02. The maximum atomic E-state index is 12.9. The van der Waals surface area contributed by atoms with Gasteiger partial charge in [0.1, 0.15) is 10.6 Å². The topological polar surface area (TPSA) is 59.4 Å². The maximum Gasteiger partial charge on any atom is 0.347 e. The molecule has 0 bridgehead atoms. The zero-order chi connectivity index (χ0) is 14.7. The fraction of sp³-hybridized carbons (Fsp3) is 0.231. The average Bonchev–Trinajstić information content (AvgIpc) is 2.75. The third kappa shape index (κ3) is 3.30. The Morgan fingerprint density at radius 1 is 1.40 bits per heavy atom. The van der Waals surface area contributed by atoms with Crippen molar-refractivity contribution in [1.82, 2.24) is 4.98 Å². The number of aromatic nitrogens is 1. The fourth-order valence-corrected chi connectivity index (χ4v) is 2.46. The summed E-state index contributed by atoms with van der Waals surface area (Å²) in [6.45, 7) is 1.83. The van der Waals surface area contributed by atoms with Crippen LogP contribution in [0.2, 0.25) is 0 Å². The molecule has 4 nitrogen and oxygen atoms in total. The van der Waals surface area contributed by atoms with Crippen LogP contribution in [-0.4, -0.2) is 22.7 Å². The van der Waals surface area contributed by atoms with Crippen molar-refractivity contribution in [2.75, 3.05) is 6.61 Å². The number of carbonyl (C=O) groups is 1. The SMILES string of the molecule is Cc1nc(CCOc2ccc(F)c(F)c2)sc1C(=O)O. The first-order valence-corrected chi connectivity index (χ1v) is 6.56. The van der Waals surface area contributed by atoms with Crippen molar-refractivity contribution in [1.29, 1.82) is 0 Å². The third-order valence-electron chi connectivity index (χ3n) is 2.51. The van der Waals surface area contributed by atoms with Crippen molar-refractivity contribution in [3.05, 3.63) is 45.4 Å². The van der Waals surface area contributed by atoms with Crippen LogP contribution in [0.5, 0.6) is 5.75 Å². The van der Waals surface area contributed by atoms with E-state index < -0.39 is 17.6 Å². The molecule has 0 aliphatic heterocycles.